The second-order valence-corrected chi connectivity index (χ2v) is 7.67. The Kier molecular flexibility index (Phi) is 4.27. The van der Waals surface area contributed by atoms with E-state index in [1.54, 1.807) is 24.5 Å². The maximum atomic E-state index is 12.8. The monoisotopic (exact) mass is 357 g/mol. The molecule has 3 aliphatic heterocycles. The molecule has 130 valence electrons. The summed E-state index contributed by atoms with van der Waals surface area (Å²) in [6.45, 7) is 3.06. The molecule has 7 heteroatoms. The van der Waals surface area contributed by atoms with Crippen molar-refractivity contribution in [3.05, 3.63) is 41.0 Å². The minimum atomic E-state index is -1.08. The zero-order chi connectivity index (χ0) is 17.4. The molecule has 1 amide bonds. The molecule has 5 rings (SSSR count). The van der Waals surface area contributed by atoms with E-state index in [1.807, 2.05) is 6.07 Å². The lowest BCUT2D eigenvalue weighted by Gasteiger charge is -2.44. The van der Waals surface area contributed by atoms with Crippen LogP contribution in [0.25, 0.3) is 10.4 Å². The molecule has 5 heterocycles. The highest BCUT2D eigenvalue weighted by Crippen LogP contribution is 2.32. The molecular weight excluding hydrogens is 338 g/mol. The number of carbonyl (C=O) groups excluding carboxylic acids is 1. The molecule has 3 saturated heterocycles. The van der Waals surface area contributed by atoms with Gasteiger partial charge in [-0.05, 0) is 44.0 Å². The van der Waals surface area contributed by atoms with Gasteiger partial charge in [0.25, 0.3) is 5.91 Å². The molecule has 2 aromatic heterocycles. The Bertz CT molecular complexity index is 797. The Morgan fingerprint density at radius 1 is 1.32 bits per heavy atom. The van der Waals surface area contributed by atoms with Crippen LogP contribution in [0, 0.1) is 5.92 Å². The minimum Gasteiger partial charge on any atom is -0.478 e. The van der Waals surface area contributed by atoms with Crippen LogP contribution in [0.1, 0.15) is 32.9 Å². The first-order valence-corrected chi connectivity index (χ1v) is 9.24. The Morgan fingerprint density at radius 2 is 2.12 bits per heavy atom. The van der Waals surface area contributed by atoms with Gasteiger partial charge < -0.3 is 15.3 Å². The van der Waals surface area contributed by atoms with Gasteiger partial charge in [-0.3, -0.25) is 9.78 Å². The minimum absolute atomic E-state index is 0.0580. The van der Waals surface area contributed by atoms with Crippen LogP contribution in [0.15, 0.2) is 30.6 Å². The molecule has 1 atom stereocenters. The Balaban J connectivity index is 1.59. The van der Waals surface area contributed by atoms with Crippen LogP contribution in [0.2, 0.25) is 0 Å². The van der Waals surface area contributed by atoms with E-state index in [2.05, 4.69) is 15.2 Å². The predicted octanol–water partition coefficient (Wildman–Crippen LogP) is 2.33. The first-order chi connectivity index (χ1) is 12.1. The zero-order valence-corrected chi connectivity index (χ0v) is 14.5. The lowest BCUT2D eigenvalue weighted by Crippen LogP contribution is -2.57. The molecular formula is C18H19N3O3S. The van der Waals surface area contributed by atoms with Crippen molar-refractivity contribution >= 4 is 23.2 Å². The van der Waals surface area contributed by atoms with Crippen molar-refractivity contribution in [3.63, 3.8) is 0 Å². The second-order valence-electron chi connectivity index (χ2n) is 6.62. The molecule has 0 radical (unpaired) electrons. The summed E-state index contributed by atoms with van der Waals surface area (Å²) in [4.78, 5) is 31.8. The topological polar surface area (TPSA) is 82.5 Å². The number of carbonyl (C=O) groups is 2. The van der Waals surface area contributed by atoms with Crippen LogP contribution < -0.4 is 5.32 Å². The number of rotatable bonds is 4. The van der Waals surface area contributed by atoms with E-state index in [4.69, 9.17) is 0 Å². The van der Waals surface area contributed by atoms with Gasteiger partial charge in [0.1, 0.15) is 4.88 Å². The summed E-state index contributed by atoms with van der Waals surface area (Å²) >= 11 is 1.21. The molecule has 0 saturated carbocycles. The van der Waals surface area contributed by atoms with Crippen LogP contribution in [0.4, 0.5) is 0 Å². The third kappa shape index (κ3) is 3.17. The van der Waals surface area contributed by atoms with Gasteiger partial charge in [-0.15, -0.1) is 11.3 Å². The number of aromatic nitrogens is 1. The number of hydrogen-bond donors (Lipinski definition) is 2. The summed E-state index contributed by atoms with van der Waals surface area (Å²) in [6.07, 6.45) is 5.53. The average molecular weight is 357 g/mol. The summed E-state index contributed by atoms with van der Waals surface area (Å²) in [7, 11) is 0. The van der Waals surface area contributed by atoms with E-state index in [0.29, 0.717) is 5.92 Å². The number of aromatic carboxylic acids is 1. The maximum Gasteiger partial charge on any atom is 0.337 e. The number of carboxylic acid groups (broad SMARTS) is 1. The molecule has 6 nitrogen and oxygen atoms in total. The van der Waals surface area contributed by atoms with Crippen molar-refractivity contribution < 1.29 is 14.7 Å². The summed E-state index contributed by atoms with van der Waals surface area (Å²) in [5, 5.41) is 12.6. The first kappa shape index (κ1) is 16.2. The van der Waals surface area contributed by atoms with Gasteiger partial charge in [0.15, 0.2) is 0 Å². The molecule has 0 unspecified atom stereocenters. The predicted molar refractivity (Wildman–Crippen MR) is 94.9 cm³/mol. The Labute approximate surface area is 149 Å². The third-order valence-electron chi connectivity index (χ3n) is 5.09. The number of nitrogens with zero attached hydrogens (tertiary/aromatic N) is 2. The number of thiophene rings is 1. The summed E-state index contributed by atoms with van der Waals surface area (Å²) in [5.41, 5.74) is 0.875. The van der Waals surface area contributed by atoms with Gasteiger partial charge >= 0.3 is 5.97 Å². The van der Waals surface area contributed by atoms with Crippen LogP contribution >= 0.6 is 11.3 Å². The van der Waals surface area contributed by atoms with E-state index in [1.165, 1.54) is 11.3 Å². The molecule has 0 spiro atoms. The van der Waals surface area contributed by atoms with Crippen molar-refractivity contribution in [3.8, 4) is 10.4 Å². The number of piperidine rings is 3. The zero-order valence-electron chi connectivity index (χ0n) is 13.6. The molecule has 0 aliphatic carbocycles. The standard InChI is InChI=1S/C18H19N3O3S/c22-17(20-14-10-21-6-3-11(14)4-7-21)16-13(18(23)24)8-15(25-16)12-2-1-5-19-9-12/h1-2,5,8-9,11,14H,3-4,6-7,10H2,(H,20,22)(H,23,24)/t14-/m0/s1. The van der Waals surface area contributed by atoms with E-state index in [-0.39, 0.29) is 22.4 Å². The summed E-state index contributed by atoms with van der Waals surface area (Å²) in [5.74, 6) is -0.860. The van der Waals surface area contributed by atoms with Crippen LogP contribution in [0.5, 0.6) is 0 Å². The number of amides is 1. The largest absolute Gasteiger partial charge is 0.478 e. The molecule has 25 heavy (non-hydrogen) atoms. The molecule has 2 bridgehead atoms. The fourth-order valence-corrected chi connectivity index (χ4v) is 4.77. The normalized spacial score (nSPS) is 24.9. The highest BCUT2D eigenvalue weighted by molar-refractivity contribution is 7.17. The van der Waals surface area contributed by atoms with Crippen molar-refractivity contribution in [1.82, 2.24) is 15.2 Å². The number of fused-ring (bicyclic) bond motifs is 3. The SMILES string of the molecule is O=C(O)c1cc(-c2cccnc2)sc1C(=O)N[C@H]1CN2CCC1CC2. The summed E-state index contributed by atoms with van der Waals surface area (Å²) in [6, 6.07) is 5.33. The maximum absolute atomic E-state index is 12.8. The van der Waals surface area contributed by atoms with Gasteiger partial charge in [0, 0.05) is 35.4 Å². The lowest BCUT2D eigenvalue weighted by atomic mass is 9.84. The van der Waals surface area contributed by atoms with E-state index in [9.17, 15) is 14.7 Å². The fraction of sp³-hybridized carbons (Fsp3) is 0.389. The molecule has 2 aromatic rings. The van der Waals surface area contributed by atoms with Gasteiger partial charge in [0.2, 0.25) is 0 Å². The Morgan fingerprint density at radius 3 is 2.72 bits per heavy atom. The molecule has 3 fully saturated rings. The van der Waals surface area contributed by atoms with Crippen molar-refractivity contribution in [2.24, 2.45) is 5.92 Å². The van der Waals surface area contributed by atoms with Crippen molar-refractivity contribution in [2.75, 3.05) is 19.6 Å². The number of carboxylic acids is 1. The van der Waals surface area contributed by atoms with Gasteiger partial charge in [0.05, 0.1) is 5.56 Å². The highest BCUT2D eigenvalue weighted by Gasteiger charge is 2.35. The lowest BCUT2D eigenvalue weighted by molar-refractivity contribution is 0.0614. The van der Waals surface area contributed by atoms with Crippen molar-refractivity contribution in [2.45, 2.75) is 18.9 Å². The van der Waals surface area contributed by atoms with E-state index < -0.39 is 5.97 Å². The van der Waals surface area contributed by atoms with Gasteiger partial charge in [-0.2, -0.15) is 0 Å². The molecule has 2 N–H and O–H groups in total. The Hall–Kier alpha value is -2.25. The fourth-order valence-electron chi connectivity index (χ4n) is 3.73. The van der Waals surface area contributed by atoms with Gasteiger partial charge in [-0.25, -0.2) is 4.79 Å². The third-order valence-corrected chi connectivity index (χ3v) is 6.27. The van der Waals surface area contributed by atoms with Crippen LogP contribution in [-0.4, -0.2) is 52.5 Å². The van der Waals surface area contributed by atoms with E-state index in [0.717, 1.165) is 42.9 Å². The quantitative estimate of drug-likeness (QED) is 0.878. The second kappa shape index (κ2) is 6.57. The summed E-state index contributed by atoms with van der Waals surface area (Å²) < 4.78 is 0. The first-order valence-electron chi connectivity index (χ1n) is 8.42. The average Bonchev–Trinajstić information content (AvgIpc) is 3.09. The number of nitrogens with one attached hydrogen (secondary N) is 1. The van der Waals surface area contributed by atoms with Crippen LogP contribution in [-0.2, 0) is 0 Å². The van der Waals surface area contributed by atoms with Crippen LogP contribution in [0.3, 0.4) is 0 Å². The number of hydrogen-bond acceptors (Lipinski definition) is 5. The highest BCUT2D eigenvalue weighted by atomic mass is 32.1. The van der Waals surface area contributed by atoms with Crippen molar-refractivity contribution in [1.29, 1.82) is 0 Å². The number of pyridine rings is 1. The molecule has 0 aromatic carbocycles. The van der Waals surface area contributed by atoms with Gasteiger partial charge in [-0.1, -0.05) is 6.07 Å². The molecule has 3 aliphatic rings. The smallest absolute Gasteiger partial charge is 0.337 e. The van der Waals surface area contributed by atoms with E-state index >= 15 is 0 Å².